The van der Waals surface area contributed by atoms with Gasteiger partial charge in [0.1, 0.15) is 17.1 Å². The van der Waals surface area contributed by atoms with Gasteiger partial charge in [0.25, 0.3) is 5.91 Å². The molecule has 0 spiro atoms. The number of nitriles is 1. The summed E-state index contributed by atoms with van der Waals surface area (Å²) >= 11 is 0. The van der Waals surface area contributed by atoms with E-state index in [9.17, 15) is 9.18 Å². The Morgan fingerprint density at radius 3 is 2.84 bits per heavy atom. The zero-order chi connectivity index (χ0) is 13.9. The fourth-order valence-electron chi connectivity index (χ4n) is 2.07. The third-order valence-corrected chi connectivity index (χ3v) is 3.56. The van der Waals surface area contributed by atoms with Crippen LogP contribution in [0.15, 0.2) is 24.3 Å². The summed E-state index contributed by atoms with van der Waals surface area (Å²) in [4.78, 5) is 13.4. The van der Waals surface area contributed by atoms with E-state index in [0.717, 1.165) is 6.42 Å². The SMILES string of the molecule is CN(C(=O)COc1cccc(F)c1)C1(C#N)CCC1. The second kappa shape index (κ2) is 5.27. The summed E-state index contributed by atoms with van der Waals surface area (Å²) in [6.45, 7) is -0.191. The van der Waals surface area contributed by atoms with Crippen molar-refractivity contribution in [2.24, 2.45) is 0 Å². The lowest BCUT2D eigenvalue weighted by molar-refractivity contribution is -0.138. The molecule has 0 N–H and O–H groups in total. The van der Waals surface area contributed by atoms with Gasteiger partial charge in [-0.1, -0.05) is 6.07 Å². The van der Waals surface area contributed by atoms with Crippen molar-refractivity contribution < 1.29 is 13.9 Å². The molecule has 2 rings (SSSR count). The molecule has 0 radical (unpaired) electrons. The van der Waals surface area contributed by atoms with E-state index in [4.69, 9.17) is 10.00 Å². The van der Waals surface area contributed by atoms with Crippen LogP contribution in [-0.4, -0.2) is 30.0 Å². The first kappa shape index (κ1) is 13.3. The van der Waals surface area contributed by atoms with E-state index in [-0.39, 0.29) is 12.5 Å². The molecule has 1 aromatic rings. The highest BCUT2D eigenvalue weighted by molar-refractivity contribution is 5.79. The first-order chi connectivity index (χ1) is 9.07. The van der Waals surface area contributed by atoms with Crippen LogP contribution in [0.25, 0.3) is 0 Å². The summed E-state index contributed by atoms with van der Waals surface area (Å²) < 4.78 is 18.2. The summed E-state index contributed by atoms with van der Waals surface area (Å²) in [6.07, 6.45) is 2.35. The van der Waals surface area contributed by atoms with E-state index in [0.29, 0.717) is 18.6 Å². The van der Waals surface area contributed by atoms with E-state index in [1.165, 1.54) is 23.1 Å². The molecule has 1 aliphatic rings. The quantitative estimate of drug-likeness (QED) is 0.835. The van der Waals surface area contributed by atoms with Gasteiger partial charge in [-0.3, -0.25) is 4.79 Å². The zero-order valence-electron chi connectivity index (χ0n) is 10.7. The Balaban J connectivity index is 1.93. The van der Waals surface area contributed by atoms with Crippen LogP contribution in [0.1, 0.15) is 19.3 Å². The number of likely N-dealkylation sites (N-methyl/N-ethyl adjacent to an activating group) is 1. The fraction of sp³-hybridized carbons (Fsp3) is 0.429. The van der Waals surface area contributed by atoms with Crippen molar-refractivity contribution in [1.82, 2.24) is 4.90 Å². The van der Waals surface area contributed by atoms with Crippen LogP contribution in [-0.2, 0) is 4.79 Å². The third kappa shape index (κ3) is 2.68. The van der Waals surface area contributed by atoms with Gasteiger partial charge in [0.15, 0.2) is 6.61 Å². The zero-order valence-corrected chi connectivity index (χ0v) is 10.7. The van der Waals surface area contributed by atoms with Gasteiger partial charge in [-0.05, 0) is 31.4 Å². The molecule has 100 valence electrons. The van der Waals surface area contributed by atoms with E-state index < -0.39 is 11.4 Å². The lowest BCUT2D eigenvalue weighted by Crippen LogP contribution is -2.54. The Morgan fingerprint density at radius 2 is 2.32 bits per heavy atom. The minimum atomic E-state index is -0.678. The topological polar surface area (TPSA) is 53.3 Å². The van der Waals surface area contributed by atoms with Gasteiger partial charge in [-0.25, -0.2) is 4.39 Å². The van der Waals surface area contributed by atoms with Gasteiger partial charge in [-0.15, -0.1) is 0 Å². The summed E-state index contributed by atoms with van der Waals surface area (Å²) in [5.74, 6) is -0.377. The normalized spacial score (nSPS) is 16.1. The van der Waals surface area contributed by atoms with Crippen molar-refractivity contribution in [3.8, 4) is 11.8 Å². The van der Waals surface area contributed by atoms with E-state index in [2.05, 4.69) is 6.07 Å². The van der Waals surface area contributed by atoms with Crippen molar-refractivity contribution in [1.29, 1.82) is 5.26 Å². The molecule has 1 aliphatic carbocycles. The van der Waals surface area contributed by atoms with Crippen LogP contribution in [0.2, 0.25) is 0 Å². The van der Waals surface area contributed by atoms with Crippen LogP contribution in [0, 0.1) is 17.1 Å². The number of hydrogen-bond donors (Lipinski definition) is 0. The number of hydrogen-bond acceptors (Lipinski definition) is 3. The third-order valence-electron chi connectivity index (χ3n) is 3.56. The largest absolute Gasteiger partial charge is 0.484 e. The Morgan fingerprint density at radius 1 is 1.58 bits per heavy atom. The molecule has 1 fully saturated rings. The van der Waals surface area contributed by atoms with Gasteiger partial charge < -0.3 is 9.64 Å². The molecule has 1 saturated carbocycles. The Bertz CT molecular complexity index is 520. The maximum absolute atomic E-state index is 12.9. The molecule has 0 aliphatic heterocycles. The molecule has 0 atom stereocenters. The van der Waals surface area contributed by atoms with Crippen LogP contribution in [0.3, 0.4) is 0 Å². The molecule has 0 bridgehead atoms. The van der Waals surface area contributed by atoms with Crippen molar-refractivity contribution in [2.75, 3.05) is 13.7 Å². The number of halogens is 1. The lowest BCUT2D eigenvalue weighted by atomic mass is 9.77. The Hall–Kier alpha value is -2.09. The molecule has 5 heteroatoms. The lowest BCUT2D eigenvalue weighted by Gasteiger charge is -2.42. The van der Waals surface area contributed by atoms with Gasteiger partial charge >= 0.3 is 0 Å². The maximum Gasteiger partial charge on any atom is 0.261 e. The first-order valence-electron chi connectivity index (χ1n) is 6.14. The Labute approximate surface area is 111 Å². The highest BCUT2D eigenvalue weighted by atomic mass is 19.1. The van der Waals surface area contributed by atoms with Crippen molar-refractivity contribution >= 4 is 5.91 Å². The summed E-state index contributed by atoms with van der Waals surface area (Å²) in [6, 6.07) is 7.82. The standard InChI is InChI=1S/C14H15FN2O2/c1-17(14(10-16)6-3-7-14)13(18)9-19-12-5-2-4-11(15)8-12/h2,4-5,8H,3,6-7,9H2,1H3. The molecule has 19 heavy (non-hydrogen) atoms. The average molecular weight is 262 g/mol. The number of carbonyl (C=O) groups excluding carboxylic acids is 1. The number of amides is 1. The molecular formula is C14H15FN2O2. The summed E-state index contributed by atoms with van der Waals surface area (Å²) in [7, 11) is 1.61. The molecule has 0 saturated heterocycles. The molecule has 4 nitrogen and oxygen atoms in total. The van der Waals surface area contributed by atoms with Gasteiger partial charge in [0, 0.05) is 13.1 Å². The van der Waals surface area contributed by atoms with Crippen LogP contribution >= 0.6 is 0 Å². The minimum absolute atomic E-state index is 0.191. The predicted molar refractivity (Wildman–Crippen MR) is 66.9 cm³/mol. The predicted octanol–water partition coefficient (Wildman–Crippen LogP) is 2.11. The first-order valence-corrected chi connectivity index (χ1v) is 6.14. The molecule has 1 aromatic carbocycles. The number of carbonyl (C=O) groups is 1. The van der Waals surface area contributed by atoms with Gasteiger partial charge in [-0.2, -0.15) is 5.26 Å². The molecule has 1 amide bonds. The van der Waals surface area contributed by atoms with Gasteiger partial charge in [0.05, 0.1) is 6.07 Å². The van der Waals surface area contributed by atoms with Gasteiger partial charge in [0.2, 0.25) is 0 Å². The smallest absolute Gasteiger partial charge is 0.261 e. The number of benzene rings is 1. The van der Waals surface area contributed by atoms with Crippen LogP contribution in [0.5, 0.6) is 5.75 Å². The van der Waals surface area contributed by atoms with Crippen LogP contribution in [0.4, 0.5) is 4.39 Å². The minimum Gasteiger partial charge on any atom is -0.484 e. The molecule has 0 heterocycles. The highest BCUT2D eigenvalue weighted by Gasteiger charge is 2.43. The number of ether oxygens (including phenoxy) is 1. The monoisotopic (exact) mass is 262 g/mol. The van der Waals surface area contributed by atoms with Crippen LogP contribution < -0.4 is 4.74 Å². The Kier molecular flexibility index (Phi) is 3.70. The number of rotatable bonds is 4. The second-order valence-corrected chi connectivity index (χ2v) is 4.70. The van der Waals surface area contributed by atoms with Crippen molar-refractivity contribution in [3.63, 3.8) is 0 Å². The summed E-state index contributed by atoms with van der Waals surface area (Å²) in [5, 5.41) is 9.14. The maximum atomic E-state index is 12.9. The van der Waals surface area contributed by atoms with E-state index in [1.807, 2.05) is 0 Å². The van der Waals surface area contributed by atoms with Crippen molar-refractivity contribution in [3.05, 3.63) is 30.1 Å². The number of nitrogens with zero attached hydrogens (tertiary/aromatic N) is 2. The fourth-order valence-corrected chi connectivity index (χ4v) is 2.07. The molecule has 0 unspecified atom stereocenters. The molecular weight excluding hydrogens is 247 g/mol. The summed E-state index contributed by atoms with van der Waals surface area (Å²) in [5.41, 5.74) is -0.678. The second-order valence-electron chi connectivity index (χ2n) is 4.70. The highest BCUT2D eigenvalue weighted by Crippen LogP contribution is 2.36. The van der Waals surface area contributed by atoms with Crippen molar-refractivity contribution in [2.45, 2.75) is 24.8 Å². The average Bonchev–Trinajstić information content (AvgIpc) is 2.35. The molecule has 0 aromatic heterocycles. The van der Waals surface area contributed by atoms with E-state index >= 15 is 0 Å². The van der Waals surface area contributed by atoms with E-state index in [1.54, 1.807) is 13.1 Å².